The molecule has 6 heteroatoms. The molecule has 0 aliphatic heterocycles. The van der Waals surface area contributed by atoms with Gasteiger partial charge in [0.1, 0.15) is 0 Å². The third-order valence-corrected chi connectivity index (χ3v) is 6.10. The van der Waals surface area contributed by atoms with Gasteiger partial charge in [-0.25, -0.2) is 0 Å². The molecule has 0 atom stereocenters. The van der Waals surface area contributed by atoms with Gasteiger partial charge in [0, 0.05) is 12.3 Å². The van der Waals surface area contributed by atoms with Gasteiger partial charge in [-0.15, -0.1) is 21.5 Å². The smallest absolute Gasteiger partial charge is 0.191 e. The summed E-state index contributed by atoms with van der Waals surface area (Å²) in [5.41, 5.74) is 0. The lowest BCUT2D eigenvalue weighted by Crippen LogP contribution is -2.19. The number of hydrogen-bond acceptors (Lipinski definition) is 5. The molecule has 3 rings (SSSR count). The number of aliphatic hydroxyl groups excluding tert-OH is 1. The summed E-state index contributed by atoms with van der Waals surface area (Å²) in [6.45, 7) is 3.04. The number of hydrogen-bond donors (Lipinski definition) is 1. The van der Waals surface area contributed by atoms with E-state index in [1.807, 2.05) is 11.8 Å². The van der Waals surface area contributed by atoms with Gasteiger partial charge < -0.3 is 9.67 Å². The predicted molar refractivity (Wildman–Crippen MR) is 87.7 cm³/mol. The molecule has 2 aromatic rings. The third-order valence-electron chi connectivity index (χ3n) is 4.04. The Balaban J connectivity index is 1.66. The summed E-state index contributed by atoms with van der Waals surface area (Å²) < 4.78 is 2.20. The Morgan fingerprint density at radius 2 is 2.14 bits per heavy atom. The van der Waals surface area contributed by atoms with Crippen molar-refractivity contribution in [2.24, 2.45) is 5.92 Å². The van der Waals surface area contributed by atoms with E-state index in [0.29, 0.717) is 5.92 Å². The summed E-state index contributed by atoms with van der Waals surface area (Å²) in [7, 11) is 0. The van der Waals surface area contributed by atoms with Crippen LogP contribution in [0.25, 0.3) is 10.7 Å². The molecular weight excluding hydrogens is 302 g/mol. The van der Waals surface area contributed by atoms with Crippen molar-refractivity contribution in [2.75, 3.05) is 5.75 Å². The summed E-state index contributed by atoms with van der Waals surface area (Å²) in [5.74, 6) is 2.76. The van der Waals surface area contributed by atoms with Gasteiger partial charge in [-0.1, -0.05) is 17.8 Å². The first-order chi connectivity index (χ1) is 10.3. The highest BCUT2D eigenvalue weighted by molar-refractivity contribution is 7.99. The summed E-state index contributed by atoms with van der Waals surface area (Å²) in [5, 5.41) is 21.4. The van der Waals surface area contributed by atoms with E-state index in [4.69, 9.17) is 0 Å². The predicted octanol–water partition coefficient (Wildman–Crippen LogP) is 3.67. The van der Waals surface area contributed by atoms with Crippen molar-refractivity contribution >= 4 is 23.1 Å². The molecule has 1 aliphatic rings. The van der Waals surface area contributed by atoms with Gasteiger partial charge in [-0.2, -0.15) is 0 Å². The maximum absolute atomic E-state index is 9.57. The van der Waals surface area contributed by atoms with Gasteiger partial charge in [-0.05, 0) is 50.0 Å². The van der Waals surface area contributed by atoms with Crippen LogP contribution in [0.2, 0.25) is 0 Å². The molecule has 0 aromatic carbocycles. The molecule has 4 nitrogen and oxygen atoms in total. The lowest BCUT2D eigenvalue weighted by molar-refractivity contribution is 0.113. The van der Waals surface area contributed by atoms with E-state index in [1.165, 1.54) is 4.88 Å². The zero-order valence-electron chi connectivity index (χ0n) is 12.2. The Labute approximate surface area is 133 Å². The zero-order valence-corrected chi connectivity index (χ0v) is 13.9. The summed E-state index contributed by atoms with van der Waals surface area (Å²) in [6.07, 6.45) is 4.09. The fraction of sp³-hybridized carbons (Fsp3) is 0.600. The van der Waals surface area contributed by atoms with Crippen molar-refractivity contribution in [1.29, 1.82) is 0 Å². The number of aliphatic hydroxyl groups is 1. The van der Waals surface area contributed by atoms with E-state index in [-0.39, 0.29) is 6.10 Å². The first-order valence-electron chi connectivity index (χ1n) is 7.56. The van der Waals surface area contributed by atoms with Crippen LogP contribution in [0.5, 0.6) is 0 Å². The average molecular weight is 323 g/mol. The molecule has 1 saturated carbocycles. The van der Waals surface area contributed by atoms with Crippen LogP contribution in [0, 0.1) is 5.92 Å². The van der Waals surface area contributed by atoms with Crippen molar-refractivity contribution < 1.29 is 5.11 Å². The second-order valence-corrected chi connectivity index (χ2v) is 7.45. The van der Waals surface area contributed by atoms with Crippen LogP contribution in [0.1, 0.15) is 32.6 Å². The normalized spacial score (nSPS) is 22.6. The van der Waals surface area contributed by atoms with Gasteiger partial charge in [0.15, 0.2) is 11.0 Å². The Hall–Kier alpha value is -0.850. The van der Waals surface area contributed by atoms with Crippen molar-refractivity contribution in [1.82, 2.24) is 14.8 Å². The van der Waals surface area contributed by atoms with Crippen molar-refractivity contribution in [3.8, 4) is 10.7 Å². The number of nitrogens with zero attached hydrogens (tertiary/aromatic N) is 3. The minimum Gasteiger partial charge on any atom is -0.393 e. The van der Waals surface area contributed by atoms with Crippen molar-refractivity contribution in [2.45, 2.75) is 50.4 Å². The Bertz CT molecular complexity index is 559. The summed E-state index contributed by atoms with van der Waals surface area (Å²) >= 11 is 3.51. The first-order valence-corrected chi connectivity index (χ1v) is 9.42. The molecule has 2 heterocycles. The lowest BCUT2D eigenvalue weighted by atomic mass is 9.89. The summed E-state index contributed by atoms with van der Waals surface area (Å²) in [4.78, 5) is 1.18. The second-order valence-electron chi connectivity index (χ2n) is 5.51. The van der Waals surface area contributed by atoms with E-state index in [1.54, 1.807) is 11.3 Å². The van der Waals surface area contributed by atoms with Crippen molar-refractivity contribution in [3.05, 3.63) is 17.5 Å². The van der Waals surface area contributed by atoms with Crippen LogP contribution in [-0.4, -0.2) is 31.7 Å². The minimum absolute atomic E-state index is 0.0732. The fourth-order valence-electron chi connectivity index (χ4n) is 2.77. The maximum Gasteiger partial charge on any atom is 0.191 e. The quantitative estimate of drug-likeness (QED) is 0.853. The first kappa shape index (κ1) is 15.1. The molecule has 0 unspecified atom stereocenters. The minimum atomic E-state index is -0.0732. The zero-order chi connectivity index (χ0) is 14.7. The second kappa shape index (κ2) is 6.94. The van der Waals surface area contributed by atoms with Gasteiger partial charge in [-0.3, -0.25) is 0 Å². The Morgan fingerprint density at radius 3 is 2.81 bits per heavy atom. The standard InChI is InChI=1S/C15H21N3OS2/c1-2-18-14(13-4-3-9-20-13)16-17-15(18)21-10-11-5-7-12(19)8-6-11/h3-4,9,11-12,19H,2,5-8,10H2,1H3. The number of thioether (sulfide) groups is 1. The van der Waals surface area contributed by atoms with Crippen LogP contribution in [0.3, 0.4) is 0 Å². The average Bonchev–Trinajstić information content (AvgIpc) is 3.15. The van der Waals surface area contributed by atoms with E-state index >= 15 is 0 Å². The molecule has 21 heavy (non-hydrogen) atoms. The number of thiophene rings is 1. The number of rotatable bonds is 5. The fourth-order valence-corrected chi connectivity index (χ4v) is 4.68. The molecule has 0 radical (unpaired) electrons. The molecule has 1 N–H and O–H groups in total. The molecule has 1 fully saturated rings. The maximum atomic E-state index is 9.57. The van der Waals surface area contributed by atoms with E-state index < -0.39 is 0 Å². The molecule has 2 aromatic heterocycles. The molecule has 0 saturated heterocycles. The van der Waals surface area contributed by atoms with Gasteiger partial charge >= 0.3 is 0 Å². The monoisotopic (exact) mass is 323 g/mol. The highest BCUT2D eigenvalue weighted by atomic mass is 32.2. The van der Waals surface area contributed by atoms with Gasteiger partial charge in [0.25, 0.3) is 0 Å². The topological polar surface area (TPSA) is 50.9 Å². The van der Waals surface area contributed by atoms with Crippen LogP contribution in [0.15, 0.2) is 22.7 Å². The highest BCUT2D eigenvalue weighted by Crippen LogP contribution is 2.31. The van der Waals surface area contributed by atoms with E-state index in [2.05, 4.69) is 39.2 Å². The summed E-state index contributed by atoms with van der Waals surface area (Å²) in [6, 6.07) is 4.15. The third kappa shape index (κ3) is 3.49. The van der Waals surface area contributed by atoms with Crippen LogP contribution >= 0.6 is 23.1 Å². The largest absolute Gasteiger partial charge is 0.393 e. The number of aromatic nitrogens is 3. The lowest BCUT2D eigenvalue weighted by Gasteiger charge is -2.24. The SMILES string of the molecule is CCn1c(SCC2CCC(O)CC2)nnc1-c1cccs1. The Kier molecular flexibility index (Phi) is 4.98. The van der Waals surface area contributed by atoms with Crippen molar-refractivity contribution in [3.63, 3.8) is 0 Å². The van der Waals surface area contributed by atoms with Crippen LogP contribution in [-0.2, 0) is 6.54 Å². The van der Waals surface area contributed by atoms with E-state index in [9.17, 15) is 5.11 Å². The van der Waals surface area contributed by atoms with Crippen LogP contribution < -0.4 is 0 Å². The highest BCUT2D eigenvalue weighted by Gasteiger charge is 2.21. The molecular formula is C15H21N3OS2. The molecule has 1 aliphatic carbocycles. The molecule has 114 valence electrons. The molecule has 0 bridgehead atoms. The molecule has 0 spiro atoms. The molecule has 0 amide bonds. The van der Waals surface area contributed by atoms with E-state index in [0.717, 1.165) is 49.0 Å². The Morgan fingerprint density at radius 1 is 1.33 bits per heavy atom. The van der Waals surface area contributed by atoms with Gasteiger partial charge in [0.05, 0.1) is 11.0 Å². The van der Waals surface area contributed by atoms with Gasteiger partial charge in [0.2, 0.25) is 0 Å². The van der Waals surface area contributed by atoms with Crippen LogP contribution in [0.4, 0.5) is 0 Å².